The minimum absolute atomic E-state index is 0.230. The van der Waals surface area contributed by atoms with E-state index in [1.807, 2.05) is 24.3 Å². The van der Waals surface area contributed by atoms with Crippen LogP contribution in [0.15, 0.2) is 42.5 Å². The SMILES string of the molecule is CCC(C)c1ccccc1OCC(=O)NNC(=O)C(C)Oc1ccc(Cl)cc1Cl. The Kier molecular flexibility index (Phi) is 8.61. The van der Waals surface area contributed by atoms with Gasteiger partial charge in [-0.2, -0.15) is 0 Å². The third kappa shape index (κ3) is 6.84. The second-order valence-corrected chi connectivity index (χ2v) is 7.35. The van der Waals surface area contributed by atoms with Gasteiger partial charge in [0.05, 0.1) is 5.02 Å². The molecule has 2 atom stereocenters. The highest BCUT2D eigenvalue weighted by atomic mass is 35.5. The number of hydrazine groups is 1. The summed E-state index contributed by atoms with van der Waals surface area (Å²) < 4.78 is 11.1. The summed E-state index contributed by atoms with van der Waals surface area (Å²) in [5.41, 5.74) is 5.65. The van der Waals surface area contributed by atoms with E-state index < -0.39 is 17.9 Å². The third-order valence-electron chi connectivity index (χ3n) is 4.31. The van der Waals surface area contributed by atoms with Crippen molar-refractivity contribution in [3.8, 4) is 11.5 Å². The fourth-order valence-corrected chi connectivity index (χ4v) is 2.92. The molecular formula is C21H24Cl2N2O4. The minimum Gasteiger partial charge on any atom is -0.483 e. The molecule has 0 saturated carbocycles. The van der Waals surface area contributed by atoms with E-state index in [2.05, 4.69) is 24.7 Å². The van der Waals surface area contributed by atoms with Crippen LogP contribution in [0.4, 0.5) is 0 Å². The normalized spacial score (nSPS) is 12.6. The molecule has 2 aromatic carbocycles. The monoisotopic (exact) mass is 438 g/mol. The fourth-order valence-electron chi connectivity index (χ4n) is 2.47. The van der Waals surface area contributed by atoms with E-state index in [1.165, 1.54) is 13.0 Å². The number of para-hydroxylation sites is 1. The van der Waals surface area contributed by atoms with Crippen LogP contribution >= 0.6 is 23.2 Å². The molecule has 2 aromatic rings. The number of nitrogens with one attached hydrogen (secondary N) is 2. The van der Waals surface area contributed by atoms with Crippen LogP contribution in [0.3, 0.4) is 0 Å². The molecule has 0 radical (unpaired) electrons. The van der Waals surface area contributed by atoms with Gasteiger partial charge in [0.15, 0.2) is 12.7 Å². The zero-order valence-electron chi connectivity index (χ0n) is 16.5. The van der Waals surface area contributed by atoms with E-state index in [4.69, 9.17) is 32.7 Å². The highest BCUT2D eigenvalue weighted by Crippen LogP contribution is 2.29. The Morgan fingerprint density at radius 3 is 2.45 bits per heavy atom. The van der Waals surface area contributed by atoms with Crippen LogP contribution in [0.1, 0.15) is 38.7 Å². The number of carbonyl (C=O) groups excluding carboxylic acids is 2. The number of halogens is 2. The summed E-state index contributed by atoms with van der Waals surface area (Å²) >= 11 is 11.9. The van der Waals surface area contributed by atoms with Gasteiger partial charge in [0.25, 0.3) is 11.8 Å². The van der Waals surface area contributed by atoms with E-state index in [1.54, 1.807) is 12.1 Å². The van der Waals surface area contributed by atoms with Gasteiger partial charge in [-0.25, -0.2) is 0 Å². The largest absolute Gasteiger partial charge is 0.483 e. The topological polar surface area (TPSA) is 76.7 Å². The summed E-state index contributed by atoms with van der Waals surface area (Å²) in [7, 11) is 0. The van der Waals surface area contributed by atoms with Crippen molar-refractivity contribution in [2.24, 2.45) is 0 Å². The first-order valence-corrected chi connectivity index (χ1v) is 9.99. The van der Waals surface area contributed by atoms with Gasteiger partial charge in [-0.1, -0.05) is 55.2 Å². The molecule has 0 fully saturated rings. The third-order valence-corrected chi connectivity index (χ3v) is 4.84. The molecule has 156 valence electrons. The highest BCUT2D eigenvalue weighted by Gasteiger charge is 2.17. The average molecular weight is 439 g/mol. The highest BCUT2D eigenvalue weighted by molar-refractivity contribution is 6.35. The molecule has 2 unspecified atom stereocenters. The number of hydrogen-bond acceptors (Lipinski definition) is 4. The molecule has 29 heavy (non-hydrogen) atoms. The number of ether oxygens (including phenoxy) is 2. The maximum absolute atomic E-state index is 12.1. The smallest absolute Gasteiger partial charge is 0.279 e. The zero-order valence-corrected chi connectivity index (χ0v) is 18.0. The Balaban J connectivity index is 1.82. The molecule has 2 N–H and O–H groups in total. The van der Waals surface area contributed by atoms with Crippen LogP contribution in [-0.2, 0) is 9.59 Å². The van der Waals surface area contributed by atoms with Gasteiger partial charge in [-0.05, 0) is 49.1 Å². The molecule has 8 heteroatoms. The van der Waals surface area contributed by atoms with Crippen molar-refractivity contribution in [3.05, 3.63) is 58.1 Å². The van der Waals surface area contributed by atoms with Gasteiger partial charge in [0.1, 0.15) is 11.5 Å². The second-order valence-electron chi connectivity index (χ2n) is 6.51. The molecule has 2 amide bonds. The second kappa shape index (κ2) is 10.9. The molecule has 0 saturated heterocycles. The van der Waals surface area contributed by atoms with Crippen LogP contribution in [0.2, 0.25) is 10.0 Å². The van der Waals surface area contributed by atoms with Crippen LogP contribution in [0, 0.1) is 0 Å². The van der Waals surface area contributed by atoms with Crippen LogP contribution in [0.5, 0.6) is 11.5 Å². The first-order valence-electron chi connectivity index (χ1n) is 9.24. The predicted octanol–water partition coefficient (Wildman–Crippen LogP) is 4.50. The van der Waals surface area contributed by atoms with Crippen molar-refractivity contribution >= 4 is 35.0 Å². The Morgan fingerprint density at radius 2 is 1.76 bits per heavy atom. The molecule has 2 rings (SSSR count). The Hall–Kier alpha value is -2.44. The summed E-state index contributed by atoms with van der Waals surface area (Å²) in [6, 6.07) is 12.3. The lowest BCUT2D eigenvalue weighted by atomic mass is 9.98. The summed E-state index contributed by atoms with van der Waals surface area (Å²) in [6.07, 6.45) is 0.0686. The van der Waals surface area contributed by atoms with Crippen molar-refractivity contribution in [3.63, 3.8) is 0 Å². The Bertz CT molecular complexity index is 860. The van der Waals surface area contributed by atoms with Crippen molar-refractivity contribution in [2.45, 2.75) is 39.2 Å². The zero-order chi connectivity index (χ0) is 21.4. The standard InChI is InChI=1S/C21H24Cl2N2O4/c1-4-13(2)16-7-5-6-8-18(16)28-12-20(26)24-25-21(27)14(3)29-19-10-9-15(22)11-17(19)23/h5-11,13-14H,4,12H2,1-3H3,(H,24,26)(H,25,27). The summed E-state index contributed by atoms with van der Waals surface area (Å²) in [5, 5.41) is 0.746. The molecule has 0 aliphatic carbocycles. The number of hydrogen-bond donors (Lipinski definition) is 2. The maximum Gasteiger partial charge on any atom is 0.279 e. The van der Waals surface area contributed by atoms with Crippen LogP contribution in [0.25, 0.3) is 0 Å². The lowest BCUT2D eigenvalue weighted by molar-refractivity contribution is -0.133. The summed E-state index contributed by atoms with van der Waals surface area (Å²) in [5.74, 6) is 0.248. The quantitative estimate of drug-likeness (QED) is 0.594. The minimum atomic E-state index is -0.888. The molecule has 6 nitrogen and oxygen atoms in total. The van der Waals surface area contributed by atoms with E-state index in [0.717, 1.165) is 12.0 Å². The van der Waals surface area contributed by atoms with Crippen molar-refractivity contribution in [1.82, 2.24) is 10.9 Å². The number of benzene rings is 2. The fraction of sp³-hybridized carbons (Fsp3) is 0.333. The molecule has 0 aliphatic heterocycles. The number of rotatable bonds is 8. The van der Waals surface area contributed by atoms with Gasteiger partial charge in [0, 0.05) is 5.02 Å². The van der Waals surface area contributed by atoms with Gasteiger partial charge >= 0.3 is 0 Å². The summed E-state index contributed by atoms with van der Waals surface area (Å²) in [6.45, 7) is 5.48. The molecule has 0 bridgehead atoms. The predicted molar refractivity (Wildman–Crippen MR) is 113 cm³/mol. The molecule has 0 aliphatic rings. The molecule has 0 heterocycles. The van der Waals surface area contributed by atoms with Gasteiger partial charge < -0.3 is 9.47 Å². The van der Waals surface area contributed by atoms with E-state index in [-0.39, 0.29) is 11.6 Å². The van der Waals surface area contributed by atoms with Gasteiger partial charge in [0.2, 0.25) is 0 Å². The molecule has 0 spiro atoms. The first-order chi connectivity index (χ1) is 13.8. The van der Waals surface area contributed by atoms with Crippen molar-refractivity contribution in [1.29, 1.82) is 0 Å². The number of amides is 2. The van der Waals surface area contributed by atoms with E-state index >= 15 is 0 Å². The first kappa shape index (κ1) is 22.8. The maximum atomic E-state index is 12.1. The van der Waals surface area contributed by atoms with E-state index in [0.29, 0.717) is 22.4 Å². The Morgan fingerprint density at radius 1 is 1.03 bits per heavy atom. The molecular weight excluding hydrogens is 415 g/mol. The Labute approximate surface area is 180 Å². The van der Waals surface area contributed by atoms with Gasteiger partial charge in [-0.3, -0.25) is 20.4 Å². The number of carbonyl (C=O) groups is 2. The van der Waals surface area contributed by atoms with E-state index in [9.17, 15) is 9.59 Å². The molecule has 0 aromatic heterocycles. The lowest BCUT2D eigenvalue weighted by Crippen LogP contribution is -2.48. The average Bonchev–Trinajstić information content (AvgIpc) is 2.71. The lowest BCUT2D eigenvalue weighted by Gasteiger charge is -2.17. The van der Waals surface area contributed by atoms with Crippen molar-refractivity contribution < 1.29 is 19.1 Å². The van der Waals surface area contributed by atoms with Crippen molar-refractivity contribution in [2.75, 3.05) is 6.61 Å². The van der Waals surface area contributed by atoms with Crippen LogP contribution in [-0.4, -0.2) is 24.5 Å². The van der Waals surface area contributed by atoms with Gasteiger partial charge in [-0.15, -0.1) is 0 Å². The van der Waals surface area contributed by atoms with Crippen LogP contribution < -0.4 is 20.3 Å². The summed E-state index contributed by atoms with van der Waals surface area (Å²) in [4.78, 5) is 24.1.